The van der Waals surface area contributed by atoms with Crippen molar-refractivity contribution in [2.45, 2.75) is 19.0 Å². The number of nitrogens with zero attached hydrogens (tertiary/aromatic N) is 1. The van der Waals surface area contributed by atoms with Crippen LogP contribution in [0.2, 0.25) is 5.02 Å². The molecule has 2 atom stereocenters. The second kappa shape index (κ2) is 5.68. The van der Waals surface area contributed by atoms with Crippen LogP contribution in [0.15, 0.2) is 18.2 Å². The average Bonchev–Trinajstić information content (AvgIpc) is 2.77. The fourth-order valence-electron chi connectivity index (χ4n) is 2.42. The summed E-state index contributed by atoms with van der Waals surface area (Å²) in [4.78, 5) is 23.9. The first-order valence-electron chi connectivity index (χ1n) is 6.12. The van der Waals surface area contributed by atoms with Gasteiger partial charge in [0.25, 0.3) is 0 Å². The van der Waals surface area contributed by atoms with Gasteiger partial charge in [0.15, 0.2) is 0 Å². The maximum atomic E-state index is 11.2. The van der Waals surface area contributed by atoms with E-state index < -0.39 is 23.9 Å². The summed E-state index contributed by atoms with van der Waals surface area (Å²) in [6.45, 7) is 0.493. The number of carboxylic acids is 2. The van der Waals surface area contributed by atoms with Gasteiger partial charge < -0.3 is 15.9 Å². The highest BCUT2D eigenvalue weighted by Gasteiger charge is 2.40. The summed E-state index contributed by atoms with van der Waals surface area (Å²) in [6.07, 6.45) is 0.108. The van der Waals surface area contributed by atoms with E-state index >= 15 is 0 Å². The normalized spacial score (nSPS) is 22.9. The molecule has 0 radical (unpaired) electrons. The molecule has 1 aromatic rings. The average molecular weight is 299 g/mol. The van der Waals surface area contributed by atoms with Crippen molar-refractivity contribution in [2.24, 2.45) is 5.92 Å². The Morgan fingerprint density at radius 3 is 2.60 bits per heavy atom. The Morgan fingerprint density at radius 1 is 1.35 bits per heavy atom. The van der Waals surface area contributed by atoms with E-state index in [2.05, 4.69) is 0 Å². The largest absolute Gasteiger partial charge is 0.481 e. The lowest BCUT2D eigenvalue weighted by molar-refractivity contribution is -0.142. The molecule has 1 saturated heterocycles. The van der Waals surface area contributed by atoms with E-state index in [1.807, 2.05) is 0 Å². The molecule has 4 N–H and O–H groups in total. The number of carbonyl (C=O) groups is 2. The van der Waals surface area contributed by atoms with Gasteiger partial charge in [0, 0.05) is 23.8 Å². The molecule has 2 unspecified atom stereocenters. The van der Waals surface area contributed by atoms with Gasteiger partial charge in [0.2, 0.25) is 0 Å². The van der Waals surface area contributed by atoms with Crippen LogP contribution in [-0.2, 0) is 16.1 Å². The van der Waals surface area contributed by atoms with Crippen molar-refractivity contribution in [3.05, 3.63) is 28.8 Å². The Kier molecular flexibility index (Phi) is 4.15. The molecule has 0 saturated carbocycles. The van der Waals surface area contributed by atoms with Crippen LogP contribution < -0.4 is 5.73 Å². The lowest BCUT2D eigenvalue weighted by Gasteiger charge is -2.21. The van der Waals surface area contributed by atoms with E-state index in [-0.39, 0.29) is 13.0 Å². The van der Waals surface area contributed by atoms with Gasteiger partial charge in [-0.15, -0.1) is 0 Å². The van der Waals surface area contributed by atoms with Gasteiger partial charge in [0.05, 0.1) is 5.92 Å². The predicted molar refractivity (Wildman–Crippen MR) is 73.4 cm³/mol. The number of nitrogens with two attached hydrogens (primary N) is 1. The Morgan fingerprint density at radius 2 is 2.05 bits per heavy atom. The van der Waals surface area contributed by atoms with E-state index in [0.717, 1.165) is 5.56 Å². The second-order valence-corrected chi connectivity index (χ2v) is 5.31. The van der Waals surface area contributed by atoms with Gasteiger partial charge in [-0.2, -0.15) is 0 Å². The van der Waals surface area contributed by atoms with Crippen molar-refractivity contribution in [3.63, 3.8) is 0 Å². The van der Waals surface area contributed by atoms with Crippen molar-refractivity contribution in [1.82, 2.24) is 4.90 Å². The zero-order chi connectivity index (χ0) is 14.9. The van der Waals surface area contributed by atoms with Crippen LogP contribution in [-0.4, -0.2) is 39.6 Å². The van der Waals surface area contributed by atoms with Gasteiger partial charge in [0.1, 0.15) is 6.04 Å². The van der Waals surface area contributed by atoms with Gasteiger partial charge in [-0.05, 0) is 24.1 Å². The van der Waals surface area contributed by atoms with Crippen LogP contribution in [0, 0.1) is 5.92 Å². The van der Waals surface area contributed by atoms with E-state index in [0.29, 0.717) is 17.3 Å². The van der Waals surface area contributed by atoms with Crippen LogP contribution in [0.25, 0.3) is 0 Å². The van der Waals surface area contributed by atoms with Crippen LogP contribution in [0.4, 0.5) is 5.69 Å². The first-order chi connectivity index (χ1) is 9.38. The van der Waals surface area contributed by atoms with Crippen LogP contribution in [0.3, 0.4) is 0 Å². The summed E-state index contributed by atoms with van der Waals surface area (Å²) < 4.78 is 0. The predicted octanol–water partition coefficient (Wildman–Crippen LogP) is 1.28. The molecule has 108 valence electrons. The lowest BCUT2D eigenvalue weighted by Crippen LogP contribution is -2.35. The van der Waals surface area contributed by atoms with Crippen LogP contribution in [0.1, 0.15) is 12.0 Å². The van der Waals surface area contributed by atoms with E-state index in [1.165, 1.54) is 0 Å². The third-order valence-electron chi connectivity index (χ3n) is 3.49. The minimum atomic E-state index is -1.01. The van der Waals surface area contributed by atoms with Crippen molar-refractivity contribution in [1.29, 1.82) is 0 Å². The van der Waals surface area contributed by atoms with Gasteiger partial charge in [-0.25, -0.2) is 0 Å². The Hall–Kier alpha value is -1.79. The number of halogens is 1. The monoisotopic (exact) mass is 298 g/mol. The molecule has 1 aromatic carbocycles. The van der Waals surface area contributed by atoms with Crippen LogP contribution in [0.5, 0.6) is 0 Å². The molecule has 1 aliphatic rings. The van der Waals surface area contributed by atoms with Gasteiger partial charge in [-0.3, -0.25) is 14.5 Å². The number of benzene rings is 1. The molecule has 1 aliphatic heterocycles. The van der Waals surface area contributed by atoms with Gasteiger partial charge >= 0.3 is 11.9 Å². The SMILES string of the molecule is Nc1ccc(CN2CC(C(=O)O)CC2C(=O)O)c(Cl)c1. The third-order valence-corrected chi connectivity index (χ3v) is 3.84. The van der Waals surface area contributed by atoms with Crippen molar-refractivity contribution in [3.8, 4) is 0 Å². The van der Waals surface area contributed by atoms with Crippen molar-refractivity contribution >= 4 is 29.2 Å². The highest BCUT2D eigenvalue weighted by Crippen LogP contribution is 2.28. The maximum Gasteiger partial charge on any atom is 0.320 e. The first-order valence-corrected chi connectivity index (χ1v) is 6.50. The third kappa shape index (κ3) is 3.02. The van der Waals surface area contributed by atoms with E-state index in [1.54, 1.807) is 23.1 Å². The van der Waals surface area contributed by atoms with Crippen LogP contribution >= 0.6 is 11.6 Å². The highest BCUT2D eigenvalue weighted by atomic mass is 35.5. The molecule has 20 heavy (non-hydrogen) atoms. The smallest absolute Gasteiger partial charge is 0.320 e. The Balaban J connectivity index is 2.17. The summed E-state index contributed by atoms with van der Waals surface area (Å²) in [5.74, 6) is -2.65. The molecule has 0 bridgehead atoms. The molecule has 2 rings (SSSR count). The highest BCUT2D eigenvalue weighted by molar-refractivity contribution is 6.31. The molecular weight excluding hydrogens is 284 g/mol. The molecule has 6 nitrogen and oxygen atoms in total. The topological polar surface area (TPSA) is 104 Å². The van der Waals surface area contributed by atoms with Gasteiger partial charge in [-0.1, -0.05) is 17.7 Å². The lowest BCUT2D eigenvalue weighted by atomic mass is 10.1. The minimum Gasteiger partial charge on any atom is -0.481 e. The van der Waals surface area contributed by atoms with Crippen molar-refractivity contribution in [2.75, 3.05) is 12.3 Å². The summed E-state index contributed by atoms with van der Waals surface area (Å²) in [7, 11) is 0. The number of carboxylic acid groups (broad SMARTS) is 2. The Labute approximate surface area is 120 Å². The number of likely N-dealkylation sites (tertiary alicyclic amines) is 1. The molecule has 1 fully saturated rings. The number of anilines is 1. The van der Waals surface area contributed by atoms with E-state index in [9.17, 15) is 14.7 Å². The van der Waals surface area contributed by atoms with Crippen molar-refractivity contribution < 1.29 is 19.8 Å². The summed E-state index contributed by atoms with van der Waals surface area (Å²) in [6, 6.07) is 4.20. The number of nitrogen functional groups attached to an aromatic ring is 1. The molecule has 0 amide bonds. The number of hydrogen-bond donors (Lipinski definition) is 3. The molecule has 0 aliphatic carbocycles. The zero-order valence-electron chi connectivity index (χ0n) is 10.6. The molecule has 0 spiro atoms. The fraction of sp³-hybridized carbons (Fsp3) is 0.385. The molecular formula is C13H15ClN2O4. The number of aliphatic carboxylic acids is 2. The zero-order valence-corrected chi connectivity index (χ0v) is 11.4. The number of rotatable bonds is 4. The second-order valence-electron chi connectivity index (χ2n) is 4.91. The summed E-state index contributed by atoms with van der Waals surface area (Å²) >= 11 is 6.06. The quantitative estimate of drug-likeness (QED) is 0.723. The summed E-state index contributed by atoms with van der Waals surface area (Å²) in [5.41, 5.74) is 6.86. The fourth-order valence-corrected chi connectivity index (χ4v) is 2.67. The first kappa shape index (κ1) is 14.6. The van der Waals surface area contributed by atoms with E-state index in [4.69, 9.17) is 22.4 Å². The minimum absolute atomic E-state index is 0.108. The summed E-state index contributed by atoms with van der Waals surface area (Å²) in [5, 5.41) is 18.7. The Bertz CT molecular complexity index is 549. The maximum absolute atomic E-state index is 11.2. The number of hydrogen-bond acceptors (Lipinski definition) is 4. The molecule has 1 heterocycles. The standard InChI is InChI=1S/C13H15ClN2O4/c14-10-4-9(15)2-1-7(10)5-16-6-8(12(17)18)3-11(16)13(19)20/h1-2,4,8,11H,3,5-6,15H2,(H,17,18)(H,19,20). The molecule has 0 aromatic heterocycles. The molecule has 7 heteroatoms.